The molecule has 0 bridgehead atoms. The van der Waals surface area contributed by atoms with Crippen LogP contribution >= 0.6 is 0 Å². The minimum Gasteiger partial charge on any atom is -0.507 e. The normalized spacial score (nSPS) is 16.8. The largest absolute Gasteiger partial charge is 0.507 e. The van der Waals surface area contributed by atoms with Crippen LogP contribution in [-0.2, 0) is 0 Å². The van der Waals surface area contributed by atoms with E-state index in [1.807, 2.05) is 0 Å². The molecule has 1 aromatic rings. The van der Waals surface area contributed by atoms with E-state index in [4.69, 9.17) is 0 Å². The van der Waals surface area contributed by atoms with Gasteiger partial charge in [-0.05, 0) is 38.1 Å². The molecule has 1 fully saturated rings. The van der Waals surface area contributed by atoms with Crippen molar-refractivity contribution in [2.45, 2.75) is 12.8 Å². The first-order valence-corrected chi connectivity index (χ1v) is 5.31. The lowest BCUT2D eigenvalue weighted by Crippen LogP contribution is -2.26. The van der Waals surface area contributed by atoms with Gasteiger partial charge in [-0.2, -0.15) is 0 Å². The summed E-state index contributed by atoms with van der Waals surface area (Å²) in [6.07, 6.45) is 2.35. The van der Waals surface area contributed by atoms with Crippen LogP contribution in [0.5, 0.6) is 5.75 Å². The number of phenolic OH excluding ortho intramolecular Hbond substituents is 1. The Bertz CT molecular complexity index is 356. The molecule has 1 saturated heterocycles. The highest BCUT2D eigenvalue weighted by Crippen LogP contribution is 2.17. The van der Waals surface area contributed by atoms with Gasteiger partial charge in [-0.25, -0.2) is 0 Å². The number of aromatic hydroxyl groups is 1. The zero-order chi connectivity index (χ0) is 10.7. The molecule has 3 heteroatoms. The third kappa shape index (κ3) is 2.36. The van der Waals surface area contributed by atoms with Crippen LogP contribution in [0.1, 0.15) is 23.2 Å². The van der Waals surface area contributed by atoms with Gasteiger partial charge in [0.2, 0.25) is 0 Å². The van der Waals surface area contributed by atoms with Gasteiger partial charge in [0.05, 0.1) is 12.1 Å². The Morgan fingerprint density at radius 1 is 1.27 bits per heavy atom. The highest BCUT2D eigenvalue weighted by molar-refractivity contribution is 5.99. The molecule has 0 amide bonds. The molecular weight excluding hydrogens is 190 g/mol. The van der Waals surface area contributed by atoms with E-state index in [2.05, 4.69) is 4.90 Å². The van der Waals surface area contributed by atoms with E-state index in [-0.39, 0.29) is 11.5 Å². The summed E-state index contributed by atoms with van der Waals surface area (Å²) in [5.74, 6) is 0.0942. The SMILES string of the molecule is O=C(CN1CCCC1)c1ccccc1O. The molecule has 3 nitrogen and oxygen atoms in total. The number of likely N-dealkylation sites (tertiary alicyclic amines) is 1. The van der Waals surface area contributed by atoms with Crippen LogP contribution in [0.15, 0.2) is 24.3 Å². The summed E-state index contributed by atoms with van der Waals surface area (Å²) in [5.41, 5.74) is 0.435. The van der Waals surface area contributed by atoms with Crippen molar-refractivity contribution in [3.05, 3.63) is 29.8 Å². The quantitative estimate of drug-likeness (QED) is 0.763. The topological polar surface area (TPSA) is 40.5 Å². The Labute approximate surface area is 89.3 Å². The fourth-order valence-corrected chi connectivity index (χ4v) is 1.94. The number of phenols is 1. The van der Waals surface area contributed by atoms with Crippen LogP contribution in [0.25, 0.3) is 0 Å². The molecule has 0 unspecified atom stereocenters. The van der Waals surface area contributed by atoms with Gasteiger partial charge in [0.25, 0.3) is 0 Å². The van der Waals surface area contributed by atoms with Gasteiger partial charge in [0, 0.05) is 0 Å². The molecule has 1 aliphatic heterocycles. The van der Waals surface area contributed by atoms with Gasteiger partial charge in [0.1, 0.15) is 5.75 Å². The van der Waals surface area contributed by atoms with Crippen LogP contribution in [0.4, 0.5) is 0 Å². The van der Waals surface area contributed by atoms with E-state index in [1.54, 1.807) is 24.3 Å². The lowest BCUT2D eigenvalue weighted by atomic mass is 10.1. The molecule has 0 spiro atoms. The second-order valence-corrected chi connectivity index (χ2v) is 3.92. The fraction of sp³-hybridized carbons (Fsp3) is 0.417. The van der Waals surface area contributed by atoms with Crippen molar-refractivity contribution in [2.24, 2.45) is 0 Å². The van der Waals surface area contributed by atoms with Crippen molar-refractivity contribution in [1.82, 2.24) is 4.90 Å². The number of nitrogens with zero attached hydrogens (tertiary/aromatic N) is 1. The van der Waals surface area contributed by atoms with E-state index < -0.39 is 0 Å². The van der Waals surface area contributed by atoms with Crippen LogP contribution in [0, 0.1) is 0 Å². The summed E-state index contributed by atoms with van der Waals surface area (Å²) in [6, 6.07) is 6.73. The molecule has 0 atom stereocenters. The van der Waals surface area contributed by atoms with Gasteiger partial charge < -0.3 is 5.11 Å². The number of hydrogen-bond acceptors (Lipinski definition) is 3. The predicted octanol–water partition coefficient (Wildman–Crippen LogP) is 1.67. The highest BCUT2D eigenvalue weighted by Gasteiger charge is 2.17. The van der Waals surface area contributed by atoms with Gasteiger partial charge >= 0.3 is 0 Å². The lowest BCUT2D eigenvalue weighted by molar-refractivity contribution is 0.0942. The molecule has 0 aromatic heterocycles. The van der Waals surface area contributed by atoms with Gasteiger partial charge in [-0.3, -0.25) is 9.69 Å². The first kappa shape index (κ1) is 10.2. The van der Waals surface area contributed by atoms with E-state index in [1.165, 1.54) is 12.8 Å². The third-order valence-electron chi connectivity index (χ3n) is 2.77. The van der Waals surface area contributed by atoms with E-state index in [0.717, 1.165) is 13.1 Å². The second-order valence-electron chi connectivity index (χ2n) is 3.92. The maximum atomic E-state index is 11.8. The van der Waals surface area contributed by atoms with Crippen molar-refractivity contribution in [3.63, 3.8) is 0 Å². The van der Waals surface area contributed by atoms with Crippen LogP contribution in [0.2, 0.25) is 0 Å². The summed E-state index contributed by atoms with van der Waals surface area (Å²) in [5, 5.41) is 9.52. The standard InChI is InChI=1S/C12H15NO2/c14-11-6-2-1-5-10(11)12(15)9-13-7-3-4-8-13/h1-2,5-6,14H,3-4,7-9H2. The number of rotatable bonds is 3. The van der Waals surface area contributed by atoms with Crippen molar-refractivity contribution >= 4 is 5.78 Å². The number of benzene rings is 1. The van der Waals surface area contributed by atoms with Crippen molar-refractivity contribution in [1.29, 1.82) is 0 Å². The Balaban J connectivity index is 2.04. The number of carbonyl (C=O) groups excluding carboxylic acids is 1. The minimum atomic E-state index is 0.00926. The Hall–Kier alpha value is -1.35. The van der Waals surface area contributed by atoms with Crippen LogP contribution in [-0.4, -0.2) is 35.4 Å². The molecule has 1 N–H and O–H groups in total. The average Bonchev–Trinajstić information content (AvgIpc) is 2.71. The maximum absolute atomic E-state index is 11.8. The summed E-state index contributed by atoms with van der Waals surface area (Å²) in [4.78, 5) is 14.0. The molecule has 0 aliphatic carbocycles. The molecule has 80 valence electrons. The number of para-hydroxylation sites is 1. The molecule has 1 heterocycles. The van der Waals surface area contributed by atoms with Crippen LogP contribution < -0.4 is 0 Å². The van der Waals surface area contributed by atoms with Gasteiger partial charge in [-0.1, -0.05) is 12.1 Å². The zero-order valence-corrected chi connectivity index (χ0v) is 8.65. The molecule has 0 saturated carbocycles. The summed E-state index contributed by atoms with van der Waals surface area (Å²) in [6.45, 7) is 2.43. The number of carbonyl (C=O) groups is 1. The number of Topliss-reactive ketones (excluding diaryl/α,β-unsaturated/α-hetero) is 1. The second kappa shape index (κ2) is 4.45. The first-order chi connectivity index (χ1) is 7.27. The van der Waals surface area contributed by atoms with E-state index in [9.17, 15) is 9.90 Å². The highest BCUT2D eigenvalue weighted by atomic mass is 16.3. The summed E-state index contributed by atoms with van der Waals surface area (Å²) in [7, 11) is 0. The van der Waals surface area contributed by atoms with E-state index in [0.29, 0.717) is 12.1 Å². The molecule has 0 radical (unpaired) electrons. The van der Waals surface area contributed by atoms with Gasteiger partial charge in [-0.15, -0.1) is 0 Å². The molecule has 15 heavy (non-hydrogen) atoms. The molecule has 2 rings (SSSR count). The molecular formula is C12H15NO2. The first-order valence-electron chi connectivity index (χ1n) is 5.31. The number of hydrogen-bond donors (Lipinski definition) is 1. The monoisotopic (exact) mass is 205 g/mol. The smallest absolute Gasteiger partial charge is 0.180 e. The Morgan fingerprint density at radius 2 is 1.93 bits per heavy atom. The summed E-state index contributed by atoms with van der Waals surface area (Å²) >= 11 is 0. The Morgan fingerprint density at radius 3 is 2.60 bits per heavy atom. The molecule has 1 aliphatic rings. The lowest BCUT2D eigenvalue weighted by Gasteiger charge is -2.13. The van der Waals surface area contributed by atoms with Crippen molar-refractivity contribution < 1.29 is 9.90 Å². The van der Waals surface area contributed by atoms with Crippen LogP contribution in [0.3, 0.4) is 0 Å². The predicted molar refractivity (Wildman–Crippen MR) is 58.1 cm³/mol. The fourth-order valence-electron chi connectivity index (χ4n) is 1.94. The minimum absolute atomic E-state index is 0.00926. The zero-order valence-electron chi connectivity index (χ0n) is 8.65. The molecule has 1 aromatic carbocycles. The number of ketones is 1. The summed E-state index contributed by atoms with van der Waals surface area (Å²) < 4.78 is 0. The maximum Gasteiger partial charge on any atom is 0.180 e. The third-order valence-corrected chi connectivity index (χ3v) is 2.77. The van der Waals surface area contributed by atoms with Crippen molar-refractivity contribution in [3.8, 4) is 5.75 Å². The van der Waals surface area contributed by atoms with Crippen molar-refractivity contribution in [2.75, 3.05) is 19.6 Å². The average molecular weight is 205 g/mol. The van der Waals surface area contributed by atoms with E-state index >= 15 is 0 Å². The Kier molecular flexibility index (Phi) is 3.02. The van der Waals surface area contributed by atoms with Gasteiger partial charge in [0.15, 0.2) is 5.78 Å².